The predicted octanol–water partition coefficient (Wildman–Crippen LogP) is 5.85. The van der Waals surface area contributed by atoms with Crippen LogP contribution in [-0.2, 0) is 6.54 Å². The highest BCUT2D eigenvalue weighted by atomic mass is 16.3. The summed E-state index contributed by atoms with van der Waals surface area (Å²) in [6.45, 7) is 2.89. The number of para-hydroxylation sites is 1. The number of hydrogen-bond acceptors (Lipinski definition) is 3. The lowest BCUT2D eigenvalue weighted by Gasteiger charge is -2.06. The van der Waals surface area contributed by atoms with Crippen molar-refractivity contribution in [2.24, 2.45) is 10.2 Å². The van der Waals surface area contributed by atoms with E-state index >= 15 is 0 Å². The molecule has 0 aliphatic carbocycles. The summed E-state index contributed by atoms with van der Waals surface area (Å²) in [6.07, 6.45) is 4.45. The van der Waals surface area contributed by atoms with Gasteiger partial charge in [0.1, 0.15) is 0 Å². The molecule has 0 fully saturated rings. The lowest BCUT2D eigenvalue weighted by atomic mass is 10.2. The third kappa shape index (κ3) is 3.82. The van der Waals surface area contributed by atoms with Gasteiger partial charge in [0.15, 0.2) is 5.69 Å². The number of carbonyl (C=O) groups is 1. The summed E-state index contributed by atoms with van der Waals surface area (Å²) in [7, 11) is 0. The van der Waals surface area contributed by atoms with Crippen LogP contribution < -0.4 is 0 Å². The number of unbranched alkanes of at least 4 members (excludes halogenated alkanes) is 3. The van der Waals surface area contributed by atoms with Gasteiger partial charge in [0.05, 0.1) is 5.52 Å². The van der Waals surface area contributed by atoms with Crippen molar-refractivity contribution in [3.63, 3.8) is 0 Å². The molecule has 3 aromatic rings. The molecule has 0 spiro atoms. The fraction of sp³-hybridized carbons (Fsp3) is 0.286. The van der Waals surface area contributed by atoms with Gasteiger partial charge in [0, 0.05) is 17.5 Å². The molecule has 134 valence electrons. The normalized spacial score (nSPS) is 11.4. The van der Waals surface area contributed by atoms with Crippen LogP contribution in [0, 0.1) is 0 Å². The first kappa shape index (κ1) is 17.9. The molecule has 0 aliphatic heterocycles. The molecule has 26 heavy (non-hydrogen) atoms. The Morgan fingerprint density at radius 1 is 1.00 bits per heavy atom. The largest absolute Gasteiger partial charge is 0.493 e. The maximum Gasteiger partial charge on any atom is 0.295 e. The summed E-state index contributed by atoms with van der Waals surface area (Å²) in [5.74, 6) is -0.364. The van der Waals surface area contributed by atoms with Gasteiger partial charge in [0.2, 0.25) is 5.88 Å². The van der Waals surface area contributed by atoms with E-state index in [2.05, 4.69) is 17.2 Å². The van der Waals surface area contributed by atoms with Gasteiger partial charge in [-0.25, -0.2) is 0 Å². The highest BCUT2D eigenvalue weighted by Gasteiger charge is 2.16. The Balaban J connectivity index is 1.89. The van der Waals surface area contributed by atoms with Crippen LogP contribution in [0.15, 0.2) is 64.8 Å². The van der Waals surface area contributed by atoms with Gasteiger partial charge in [-0.1, -0.05) is 62.6 Å². The molecule has 1 aromatic heterocycles. The number of aromatic hydroxyl groups is 1. The molecule has 1 N–H and O–H groups in total. The van der Waals surface area contributed by atoms with Gasteiger partial charge < -0.3 is 9.67 Å². The minimum atomic E-state index is -0.426. The lowest BCUT2D eigenvalue weighted by Crippen LogP contribution is -1.97. The molecule has 0 saturated heterocycles. The smallest absolute Gasteiger partial charge is 0.295 e. The van der Waals surface area contributed by atoms with E-state index in [0.29, 0.717) is 17.8 Å². The van der Waals surface area contributed by atoms with Crippen LogP contribution in [0.4, 0.5) is 5.69 Å². The highest BCUT2D eigenvalue weighted by Crippen LogP contribution is 2.39. The number of nitrogens with zero attached hydrogens (tertiary/aromatic N) is 3. The second-order valence-electron chi connectivity index (χ2n) is 6.27. The zero-order valence-corrected chi connectivity index (χ0v) is 14.9. The van der Waals surface area contributed by atoms with Crippen LogP contribution in [0.2, 0.25) is 0 Å². The van der Waals surface area contributed by atoms with Crippen LogP contribution in [0.1, 0.15) is 43.0 Å². The number of rotatable bonds is 7. The van der Waals surface area contributed by atoms with E-state index in [4.69, 9.17) is 0 Å². The van der Waals surface area contributed by atoms with Gasteiger partial charge >= 0.3 is 0 Å². The summed E-state index contributed by atoms with van der Waals surface area (Å²) < 4.78 is 1.85. The van der Waals surface area contributed by atoms with Crippen molar-refractivity contribution in [1.29, 1.82) is 0 Å². The lowest BCUT2D eigenvalue weighted by molar-refractivity contribution is 0.0995. The Labute approximate surface area is 153 Å². The monoisotopic (exact) mass is 349 g/mol. The molecule has 0 aliphatic rings. The first-order valence-electron chi connectivity index (χ1n) is 9.03. The number of amides is 1. The molecular formula is C21H23N3O2. The Morgan fingerprint density at radius 3 is 2.50 bits per heavy atom. The molecule has 5 heteroatoms. The van der Waals surface area contributed by atoms with Crippen LogP contribution >= 0.6 is 0 Å². The second-order valence-corrected chi connectivity index (χ2v) is 6.27. The first-order chi connectivity index (χ1) is 12.7. The topological polar surface area (TPSA) is 66.9 Å². The molecule has 3 rings (SSSR count). The molecule has 1 heterocycles. The number of azo groups is 1. The second kappa shape index (κ2) is 8.43. The molecule has 0 bridgehead atoms. The van der Waals surface area contributed by atoms with Crippen molar-refractivity contribution >= 4 is 22.5 Å². The van der Waals surface area contributed by atoms with Gasteiger partial charge in [0.25, 0.3) is 5.91 Å². The molecule has 5 nitrogen and oxygen atoms in total. The number of carbonyl (C=O) groups excluding carboxylic acids is 1. The molecule has 2 aromatic carbocycles. The highest BCUT2D eigenvalue weighted by molar-refractivity contribution is 5.97. The minimum Gasteiger partial charge on any atom is -0.493 e. The zero-order chi connectivity index (χ0) is 18.4. The Morgan fingerprint density at radius 2 is 1.73 bits per heavy atom. The average Bonchev–Trinajstić information content (AvgIpc) is 2.95. The predicted molar refractivity (Wildman–Crippen MR) is 103 cm³/mol. The van der Waals surface area contributed by atoms with Gasteiger partial charge in [-0.15, -0.1) is 10.2 Å². The van der Waals surface area contributed by atoms with Crippen molar-refractivity contribution in [2.45, 2.75) is 39.2 Å². The van der Waals surface area contributed by atoms with Crippen LogP contribution in [-0.4, -0.2) is 15.6 Å². The minimum absolute atomic E-state index is 0.0623. The fourth-order valence-electron chi connectivity index (χ4n) is 3.03. The quantitative estimate of drug-likeness (QED) is 0.429. The summed E-state index contributed by atoms with van der Waals surface area (Å²) in [4.78, 5) is 12.2. The van der Waals surface area contributed by atoms with E-state index in [0.717, 1.165) is 23.7 Å². The van der Waals surface area contributed by atoms with Crippen molar-refractivity contribution in [3.8, 4) is 5.88 Å². The molecule has 1 amide bonds. The van der Waals surface area contributed by atoms with E-state index in [9.17, 15) is 9.90 Å². The molecular weight excluding hydrogens is 326 g/mol. The molecule has 0 radical (unpaired) electrons. The summed E-state index contributed by atoms with van der Waals surface area (Å²) in [5.41, 5.74) is 1.72. The summed E-state index contributed by atoms with van der Waals surface area (Å²) in [6, 6.07) is 16.4. The number of aromatic nitrogens is 1. The molecule has 0 unspecified atom stereocenters. The maximum absolute atomic E-state index is 12.2. The van der Waals surface area contributed by atoms with Crippen molar-refractivity contribution in [2.75, 3.05) is 0 Å². The van der Waals surface area contributed by atoms with Crippen LogP contribution in [0.25, 0.3) is 10.9 Å². The van der Waals surface area contributed by atoms with E-state index < -0.39 is 5.91 Å². The number of hydrogen-bond donors (Lipinski definition) is 1. The van der Waals surface area contributed by atoms with Gasteiger partial charge in [-0.2, -0.15) is 0 Å². The van der Waals surface area contributed by atoms with Crippen molar-refractivity contribution in [1.82, 2.24) is 4.57 Å². The number of benzene rings is 2. The van der Waals surface area contributed by atoms with E-state index in [-0.39, 0.29) is 5.88 Å². The number of aryl methyl sites for hydroxylation is 1. The molecule has 0 atom stereocenters. The SMILES string of the molecule is CCCCCCn1c(O)c(N=NC(=O)c2ccccc2)c2ccccc21. The Kier molecular flexibility index (Phi) is 5.79. The van der Waals surface area contributed by atoms with E-state index in [1.807, 2.05) is 34.9 Å². The van der Waals surface area contributed by atoms with Crippen LogP contribution in [0.3, 0.4) is 0 Å². The average molecular weight is 349 g/mol. The third-order valence-electron chi connectivity index (χ3n) is 4.41. The standard InChI is InChI=1S/C21H23N3O2/c1-2-3-4-10-15-24-18-14-9-8-13-17(18)19(21(24)26)22-23-20(25)16-11-6-5-7-12-16/h5-9,11-14,26H,2-4,10,15H2,1H3. The molecule has 0 saturated carbocycles. The summed E-state index contributed by atoms with van der Waals surface area (Å²) >= 11 is 0. The third-order valence-corrected chi connectivity index (χ3v) is 4.41. The maximum atomic E-state index is 12.2. The van der Waals surface area contributed by atoms with Crippen molar-refractivity contribution < 1.29 is 9.90 Å². The number of fused-ring (bicyclic) bond motifs is 1. The van der Waals surface area contributed by atoms with E-state index in [1.54, 1.807) is 24.3 Å². The Hall–Kier alpha value is -2.95. The summed E-state index contributed by atoms with van der Waals surface area (Å²) in [5, 5.41) is 19.3. The van der Waals surface area contributed by atoms with Crippen molar-refractivity contribution in [3.05, 3.63) is 60.2 Å². The van der Waals surface area contributed by atoms with Gasteiger partial charge in [-0.05, 0) is 24.6 Å². The van der Waals surface area contributed by atoms with E-state index in [1.165, 1.54) is 12.8 Å². The fourth-order valence-corrected chi connectivity index (χ4v) is 3.03. The Bertz CT molecular complexity index is 914. The van der Waals surface area contributed by atoms with Crippen LogP contribution in [0.5, 0.6) is 5.88 Å². The zero-order valence-electron chi connectivity index (χ0n) is 14.9. The van der Waals surface area contributed by atoms with Gasteiger partial charge in [-0.3, -0.25) is 4.79 Å². The first-order valence-corrected chi connectivity index (χ1v) is 9.03.